The number of amides is 1. The molecule has 182 valence electrons. The molecule has 2 atom stereocenters. The van der Waals surface area contributed by atoms with E-state index in [0.717, 1.165) is 24.5 Å². The zero-order valence-corrected chi connectivity index (χ0v) is 20.5. The van der Waals surface area contributed by atoms with Crippen molar-refractivity contribution >= 4 is 23.4 Å². The molecule has 1 saturated carbocycles. The lowest BCUT2D eigenvalue weighted by atomic mass is 10.0. The SMILES string of the molecule is COc1cc(Nc2nc(N[C@H](C3CC3)[C@H](C)NC(=O)OC(C)(C)C)c(F)cc2C#N)ccc1C. The Balaban J connectivity index is 1.83. The van der Waals surface area contributed by atoms with Gasteiger partial charge >= 0.3 is 6.09 Å². The number of anilines is 3. The first-order valence-corrected chi connectivity index (χ1v) is 11.3. The number of alkyl carbamates (subject to hydrolysis) is 1. The van der Waals surface area contributed by atoms with Gasteiger partial charge in [0.1, 0.15) is 17.4 Å². The van der Waals surface area contributed by atoms with Crippen LogP contribution in [-0.2, 0) is 4.74 Å². The van der Waals surface area contributed by atoms with Crippen LogP contribution in [0.4, 0.5) is 26.5 Å². The van der Waals surface area contributed by atoms with Crippen LogP contribution in [0.2, 0.25) is 0 Å². The second kappa shape index (κ2) is 10.2. The third-order valence-corrected chi connectivity index (χ3v) is 5.48. The lowest BCUT2D eigenvalue weighted by molar-refractivity contribution is 0.0501. The van der Waals surface area contributed by atoms with Crippen molar-refractivity contribution in [3.63, 3.8) is 0 Å². The molecular weight excluding hydrogens is 437 g/mol. The Morgan fingerprint density at radius 1 is 1.26 bits per heavy atom. The van der Waals surface area contributed by atoms with Crippen molar-refractivity contribution < 1.29 is 18.7 Å². The zero-order valence-electron chi connectivity index (χ0n) is 20.5. The van der Waals surface area contributed by atoms with E-state index >= 15 is 0 Å². The van der Waals surface area contributed by atoms with Crippen molar-refractivity contribution in [3.8, 4) is 11.8 Å². The fraction of sp³-hybridized carbons (Fsp3) is 0.480. The summed E-state index contributed by atoms with van der Waals surface area (Å²) in [5, 5.41) is 18.6. The van der Waals surface area contributed by atoms with Crippen molar-refractivity contribution in [1.82, 2.24) is 10.3 Å². The maximum atomic E-state index is 14.9. The number of hydrogen-bond acceptors (Lipinski definition) is 7. The minimum Gasteiger partial charge on any atom is -0.496 e. The second-order valence-electron chi connectivity index (χ2n) is 9.58. The van der Waals surface area contributed by atoms with Crippen LogP contribution in [0.5, 0.6) is 5.75 Å². The van der Waals surface area contributed by atoms with Crippen molar-refractivity contribution in [1.29, 1.82) is 5.26 Å². The Morgan fingerprint density at radius 2 is 1.97 bits per heavy atom. The fourth-order valence-electron chi connectivity index (χ4n) is 3.65. The summed E-state index contributed by atoms with van der Waals surface area (Å²) >= 11 is 0. The molecule has 0 radical (unpaired) electrons. The second-order valence-corrected chi connectivity index (χ2v) is 9.58. The van der Waals surface area contributed by atoms with Crippen LogP contribution in [-0.4, -0.2) is 35.9 Å². The Labute approximate surface area is 199 Å². The van der Waals surface area contributed by atoms with Crippen molar-refractivity contribution in [2.45, 2.75) is 65.1 Å². The van der Waals surface area contributed by atoms with Crippen molar-refractivity contribution in [2.24, 2.45) is 5.92 Å². The summed E-state index contributed by atoms with van der Waals surface area (Å²) in [5.41, 5.74) is 1.07. The largest absolute Gasteiger partial charge is 0.496 e. The van der Waals surface area contributed by atoms with Crippen LogP contribution >= 0.6 is 0 Å². The molecule has 1 aliphatic rings. The van der Waals surface area contributed by atoms with Gasteiger partial charge in [0.15, 0.2) is 17.5 Å². The highest BCUT2D eigenvalue weighted by Gasteiger charge is 2.37. The molecule has 1 fully saturated rings. The van der Waals surface area contributed by atoms with Crippen LogP contribution in [0.3, 0.4) is 0 Å². The van der Waals surface area contributed by atoms with Crippen LogP contribution in [0, 0.1) is 30.0 Å². The summed E-state index contributed by atoms with van der Waals surface area (Å²) in [4.78, 5) is 16.6. The molecule has 34 heavy (non-hydrogen) atoms. The topological polar surface area (TPSA) is 108 Å². The average molecular weight is 470 g/mol. The number of benzene rings is 1. The zero-order chi connectivity index (χ0) is 25.0. The number of methoxy groups -OCH3 is 1. The number of hydrogen-bond donors (Lipinski definition) is 3. The Kier molecular flexibility index (Phi) is 7.50. The Hall–Kier alpha value is -3.54. The fourth-order valence-corrected chi connectivity index (χ4v) is 3.65. The van der Waals surface area contributed by atoms with Gasteiger partial charge in [-0.25, -0.2) is 14.2 Å². The van der Waals surface area contributed by atoms with Crippen LogP contribution in [0.15, 0.2) is 24.3 Å². The summed E-state index contributed by atoms with van der Waals surface area (Å²) in [7, 11) is 1.58. The summed E-state index contributed by atoms with van der Waals surface area (Å²) in [6, 6.07) is 8.04. The Bertz CT molecular complexity index is 1090. The molecule has 0 aliphatic heterocycles. The molecule has 0 spiro atoms. The molecule has 0 unspecified atom stereocenters. The number of rotatable bonds is 8. The van der Waals surface area contributed by atoms with Gasteiger partial charge in [-0.1, -0.05) is 6.07 Å². The minimum absolute atomic E-state index is 0.00955. The molecule has 1 amide bonds. The van der Waals surface area contributed by atoms with E-state index in [4.69, 9.17) is 9.47 Å². The van der Waals surface area contributed by atoms with Gasteiger partial charge in [-0.05, 0) is 71.1 Å². The number of carbonyl (C=O) groups excluding carboxylic acids is 1. The number of aryl methyl sites for hydroxylation is 1. The molecule has 3 rings (SSSR count). The maximum Gasteiger partial charge on any atom is 0.407 e. The van der Waals surface area contributed by atoms with E-state index in [9.17, 15) is 14.4 Å². The average Bonchev–Trinajstić information content (AvgIpc) is 3.58. The van der Waals surface area contributed by atoms with E-state index < -0.39 is 17.5 Å². The molecule has 8 nitrogen and oxygen atoms in total. The third-order valence-electron chi connectivity index (χ3n) is 5.48. The van der Waals surface area contributed by atoms with Gasteiger partial charge < -0.3 is 25.4 Å². The number of nitriles is 1. The normalized spacial score (nSPS) is 15.0. The molecule has 1 aliphatic carbocycles. The molecule has 3 N–H and O–H groups in total. The van der Waals surface area contributed by atoms with E-state index in [1.807, 2.05) is 32.0 Å². The number of aromatic nitrogens is 1. The summed E-state index contributed by atoms with van der Waals surface area (Å²) in [6.45, 7) is 9.15. The lowest BCUT2D eigenvalue weighted by Crippen LogP contribution is -2.47. The predicted molar refractivity (Wildman–Crippen MR) is 129 cm³/mol. The van der Waals surface area contributed by atoms with Crippen molar-refractivity contribution in [2.75, 3.05) is 17.7 Å². The van der Waals surface area contributed by atoms with E-state index in [0.29, 0.717) is 11.4 Å². The Morgan fingerprint density at radius 3 is 2.56 bits per heavy atom. The first-order valence-electron chi connectivity index (χ1n) is 11.3. The third kappa shape index (κ3) is 6.50. The number of halogens is 1. The monoisotopic (exact) mass is 469 g/mol. The molecule has 1 heterocycles. The first-order chi connectivity index (χ1) is 16.0. The van der Waals surface area contributed by atoms with Gasteiger partial charge in [-0.15, -0.1) is 0 Å². The van der Waals surface area contributed by atoms with Gasteiger partial charge in [-0.3, -0.25) is 0 Å². The highest BCUT2D eigenvalue weighted by molar-refractivity contribution is 5.69. The van der Waals surface area contributed by atoms with Crippen LogP contribution in [0.25, 0.3) is 0 Å². The maximum absolute atomic E-state index is 14.9. The van der Waals surface area contributed by atoms with E-state index in [1.54, 1.807) is 33.9 Å². The quantitative estimate of drug-likeness (QED) is 0.484. The van der Waals surface area contributed by atoms with Crippen LogP contribution < -0.4 is 20.7 Å². The van der Waals surface area contributed by atoms with Gasteiger partial charge in [0, 0.05) is 17.8 Å². The van der Waals surface area contributed by atoms with Gasteiger partial charge in [0.25, 0.3) is 0 Å². The number of nitrogens with one attached hydrogen (secondary N) is 3. The van der Waals surface area contributed by atoms with Crippen molar-refractivity contribution in [3.05, 3.63) is 41.2 Å². The summed E-state index contributed by atoms with van der Waals surface area (Å²) < 4.78 is 25.6. The lowest BCUT2D eigenvalue weighted by Gasteiger charge is -2.28. The number of ether oxygens (including phenoxy) is 2. The molecule has 1 aromatic heterocycles. The number of nitrogens with zero attached hydrogens (tertiary/aromatic N) is 2. The van der Waals surface area contributed by atoms with Crippen LogP contribution in [0.1, 0.15) is 51.7 Å². The summed E-state index contributed by atoms with van der Waals surface area (Å²) in [5.74, 6) is 0.535. The molecule has 9 heteroatoms. The molecule has 0 bridgehead atoms. The van der Waals surface area contributed by atoms with E-state index in [1.165, 1.54) is 0 Å². The highest BCUT2D eigenvalue weighted by Crippen LogP contribution is 2.36. The molecule has 1 aromatic carbocycles. The van der Waals surface area contributed by atoms with E-state index in [-0.39, 0.29) is 35.2 Å². The van der Waals surface area contributed by atoms with Gasteiger partial charge in [-0.2, -0.15) is 5.26 Å². The minimum atomic E-state index is -0.640. The number of pyridine rings is 1. The number of carbonyl (C=O) groups is 1. The molecule has 0 saturated heterocycles. The highest BCUT2D eigenvalue weighted by atomic mass is 19.1. The molecular formula is C25H32FN5O3. The summed E-state index contributed by atoms with van der Waals surface area (Å²) in [6.07, 6.45) is 1.39. The van der Waals surface area contributed by atoms with Gasteiger partial charge in [0.2, 0.25) is 0 Å². The standard InChI is InChI=1S/C25H32FN5O3/c1-14-7-10-18(12-20(14)33-6)29-22-17(13-27)11-19(26)23(31-22)30-21(16-8-9-16)15(2)28-24(32)34-25(3,4)5/h7,10-12,15-16,21H,8-9H2,1-6H3,(H,28,32)(H2,29,30,31)/t15-,21-/m0/s1. The van der Waals surface area contributed by atoms with E-state index in [2.05, 4.69) is 20.9 Å². The van der Waals surface area contributed by atoms with Gasteiger partial charge in [0.05, 0.1) is 18.7 Å². The smallest absolute Gasteiger partial charge is 0.407 e. The predicted octanol–water partition coefficient (Wildman–Crippen LogP) is 5.26. The molecule has 2 aromatic rings. The first kappa shape index (κ1) is 25.1.